The molecule has 3 heterocycles. The molecule has 1 aliphatic heterocycles. The summed E-state index contributed by atoms with van der Waals surface area (Å²) in [6.45, 7) is 0. The van der Waals surface area contributed by atoms with Crippen LogP contribution in [0.3, 0.4) is 0 Å². The molecular formula is C24H18N5OS+. The molecule has 0 radical (unpaired) electrons. The van der Waals surface area contributed by atoms with E-state index >= 15 is 0 Å². The number of rotatable bonds is 4. The number of allylic oxidation sites excluding steroid dienone is 2. The molecule has 0 aliphatic carbocycles. The van der Waals surface area contributed by atoms with Crippen LogP contribution >= 0.6 is 11.3 Å². The van der Waals surface area contributed by atoms with Gasteiger partial charge >= 0.3 is 0 Å². The van der Waals surface area contributed by atoms with Crippen molar-refractivity contribution >= 4 is 17.2 Å². The lowest BCUT2D eigenvalue weighted by atomic mass is 9.75. The number of nitriles is 2. The zero-order valence-corrected chi connectivity index (χ0v) is 17.2. The smallest absolute Gasteiger partial charge is 0.227 e. The lowest BCUT2D eigenvalue weighted by Gasteiger charge is -2.42. The summed E-state index contributed by atoms with van der Waals surface area (Å²) in [7, 11) is 0. The summed E-state index contributed by atoms with van der Waals surface area (Å²) in [4.78, 5) is 0.869. The minimum Gasteiger partial charge on any atom is -0.362 e. The van der Waals surface area contributed by atoms with Gasteiger partial charge in [-0.3, -0.25) is 5.41 Å². The molecule has 6 nitrogen and oxygen atoms in total. The van der Waals surface area contributed by atoms with Crippen LogP contribution in [0.25, 0.3) is 0 Å². The summed E-state index contributed by atoms with van der Waals surface area (Å²) in [6, 6.07) is 22.0. The maximum absolute atomic E-state index is 12.2. The van der Waals surface area contributed by atoms with Crippen LogP contribution in [-0.4, -0.2) is 11.0 Å². The molecule has 0 spiro atoms. The second-order valence-electron chi connectivity index (χ2n) is 7.03. The van der Waals surface area contributed by atoms with Crippen molar-refractivity contribution in [2.75, 3.05) is 0 Å². The van der Waals surface area contributed by atoms with Crippen molar-refractivity contribution in [1.29, 1.82) is 15.9 Å². The molecule has 0 unspecified atom stereocenters. The molecule has 3 N–H and O–H groups in total. The highest BCUT2D eigenvalue weighted by atomic mass is 32.1. The van der Waals surface area contributed by atoms with E-state index in [4.69, 9.17) is 5.41 Å². The Bertz CT molecular complexity index is 1250. The van der Waals surface area contributed by atoms with E-state index in [1.54, 1.807) is 12.1 Å². The van der Waals surface area contributed by atoms with Gasteiger partial charge in [-0.2, -0.15) is 15.1 Å². The normalized spacial score (nSPS) is 22.5. The lowest BCUT2D eigenvalue weighted by molar-refractivity contribution is -0.743. The van der Waals surface area contributed by atoms with Crippen LogP contribution in [0.15, 0.2) is 95.3 Å². The second-order valence-corrected chi connectivity index (χ2v) is 8.01. The zero-order chi connectivity index (χ0) is 21.8. The first-order valence-electron chi connectivity index (χ1n) is 9.53. The molecule has 0 amide bonds. The Kier molecular flexibility index (Phi) is 5.49. The topological polar surface area (TPSA) is 108 Å². The number of nitrogens with zero attached hydrogens (tertiary/aromatic N) is 3. The highest BCUT2D eigenvalue weighted by molar-refractivity contribution is 7.10. The monoisotopic (exact) mass is 424 g/mol. The Morgan fingerprint density at radius 1 is 1.06 bits per heavy atom. The average molecular weight is 425 g/mol. The number of nitrogens with one attached hydrogen (secondary N) is 2. The van der Waals surface area contributed by atoms with E-state index in [2.05, 4.69) is 17.3 Å². The van der Waals surface area contributed by atoms with Gasteiger partial charge in [-0.1, -0.05) is 42.5 Å². The maximum Gasteiger partial charge on any atom is 0.227 e. The van der Waals surface area contributed by atoms with Crippen molar-refractivity contribution in [3.05, 3.63) is 106 Å². The first kappa shape index (κ1) is 20.3. The predicted octanol–water partition coefficient (Wildman–Crippen LogP) is 3.29. The minimum absolute atomic E-state index is 0.123. The Labute approximate surface area is 183 Å². The van der Waals surface area contributed by atoms with Crippen molar-refractivity contribution < 1.29 is 9.67 Å². The van der Waals surface area contributed by atoms with Gasteiger partial charge in [-0.25, -0.2) is 0 Å². The van der Waals surface area contributed by atoms with Crippen molar-refractivity contribution in [2.24, 2.45) is 0 Å². The first-order chi connectivity index (χ1) is 15.1. The van der Waals surface area contributed by atoms with Crippen molar-refractivity contribution in [3.8, 4) is 12.1 Å². The largest absolute Gasteiger partial charge is 0.362 e. The maximum atomic E-state index is 12.2. The molecule has 7 heteroatoms. The Balaban J connectivity index is 2.09. The van der Waals surface area contributed by atoms with Gasteiger partial charge in [0.1, 0.15) is 11.6 Å². The van der Waals surface area contributed by atoms with E-state index in [0.29, 0.717) is 5.56 Å². The molecule has 0 saturated carbocycles. The Hall–Kier alpha value is -4.00. The van der Waals surface area contributed by atoms with Crippen molar-refractivity contribution in [2.45, 2.75) is 17.7 Å². The number of aliphatic hydroxyl groups is 1. The van der Waals surface area contributed by atoms with Crippen LogP contribution < -0.4 is 9.88 Å². The number of aromatic nitrogens is 1. The summed E-state index contributed by atoms with van der Waals surface area (Å²) in [5, 5.41) is 44.4. The molecule has 2 aromatic heterocycles. The van der Waals surface area contributed by atoms with Crippen LogP contribution in [0.1, 0.15) is 22.4 Å². The van der Waals surface area contributed by atoms with E-state index < -0.39 is 17.7 Å². The Morgan fingerprint density at radius 3 is 2.35 bits per heavy atom. The summed E-state index contributed by atoms with van der Waals surface area (Å²) >= 11 is 1.47. The number of hydrogen-bond donors (Lipinski definition) is 3. The molecule has 150 valence electrons. The van der Waals surface area contributed by atoms with Crippen LogP contribution in [0.2, 0.25) is 0 Å². The third-order valence-electron chi connectivity index (χ3n) is 5.37. The van der Waals surface area contributed by atoms with Crippen LogP contribution in [-0.2, 0) is 5.72 Å². The number of benzene rings is 1. The summed E-state index contributed by atoms with van der Waals surface area (Å²) in [5.41, 5.74) is -0.826. The van der Waals surface area contributed by atoms with E-state index in [0.717, 1.165) is 4.88 Å². The van der Waals surface area contributed by atoms with Gasteiger partial charge in [0.25, 0.3) is 0 Å². The van der Waals surface area contributed by atoms with E-state index in [1.807, 2.05) is 76.9 Å². The van der Waals surface area contributed by atoms with E-state index in [-0.39, 0.29) is 16.8 Å². The molecule has 0 bridgehead atoms. The van der Waals surface area contributed by atoms with Gasteiger partial charge in [0.05, 0.1) is 23.3 Å². The fourth-order valence-electron chi connectivity index (χ4n) is 4.04. The summed E-state index contributed by atoms with van der Waals surface area (Å²) < 4.78 is 1.87. The Morgan fingerprint density at radius 2 is 1.77 bits per heavy atom. The molecule has 31 heavy (non-hydrogen) atoms. The molecule has 1 aromatic carbocycles. The molecule has 3 atom stereocenters. The van der Waals surface area contributed by atoms with Gasteiger partial charge in [0, 0.05) is 22.6 Å². The van der Waals surface area contributed by atoms with Gasteiger partial charge in [0.15, 0.2) is 12.4 Å². The SMILES string of the molecule is N#CC(=C=N)C1=C(C#N)[C@H](c2cccs2)[C@H]([n+]2ccccc2)[C@](O)(c2ccccc2)N1. The third-order valence-corrected chi connectivity index (χ3v) is 6.33. The number of hydrogen-bond acceptors (Lipinski definition) is 6. The third kappa shape index (κ3) is 3.44. The number of pyridine rings is 1. The van der Waals surface area contributed by atoms with Gasteiger partial charge in [-0.15, -0.1) is 11.3 Å². The standard InChI is InChI=1S/C24H18N5OS/c25-14-17(15-26)22-19(16-27)21(20-10-7-13-31-20)23(29-11-5-2-6-12-29)24(30,28-22)18-8-3-1-4-9-18/h1-13,21,23,25,28,30H/q+1/t21-,23+,24-/m1/s1. The minimum atomic E-state index is -1.67. The molecule has 4 rings (SSSR count). The quantitative estimate of drug-likeness (QED) is 0.339. The van der Waals surface area contributed by atoms with Crippen LogP contribution in [0, 0.1) is 28.1 Å². The van der Waals surface area contributed by atoms with E-state index in [9.17, 15) is 15.6 Å². The van der Waals surface area contributed by atoms with Gasteiger partial charge < -0.3 is 10.4 Å². The van der Waals surface area contributed by atoms with Crippen LogP contribution in [0.5, 0.6) is 0 Å². The molecule has 3 aromatic rings. The number of thiophene rings is 1. The first-order valence-corrected chi connectivity index (χ1v) is 10.4. The van der Waals surface area contributed by atoms with E-state index in [1.165, 1.54) is 11.3 Å². The summed E-state index contributed by atoms with van der Waals surface area (Å²) in [5.74, 6) is 1.56. The lowest BCUT2D eigenvalue weighted by Crippen LogP contribution is -2.62. The van der Waals surface area contributed by atoms with Gasteiger partial charge in [0.2, 0.25) is 11.8 Å². The highest BCUT2D eigenvalue weighted by Crippen LogP contribution is 2.48. The summed E-state index contributed by atoms with van der Waals surface area (Å²) in [6.07, 6.45) is 3.69. The predicted molar refractivity (Wildman–Crippen MR) is 116 cm³/mol. The second kappa shape index (κ2) is 8.39. The highest BCUT2D eigenvalue weighted by Gasteiger charge is 2.56. The molecule has 0 fully saturated rings. The van der Waals surface area contributed by atoms with Crippen LogP contribution in [0.4, 0.5) is 0 Å². The fraction of sp³-hybridized carbons (Fsp3) is 0.125. The zero-order valence-electron chi connectivity index (χ0n) is 16.4. The molecular weight excluding hydrogens is 406 g/mol. The molecule has 1 aliphatic rings. The average Bonchev–Trinajstić information content (AvgIpc) is 3.35. The van der Waals surface area contributed by atoms with Crippen molar-refractivity contribution in [3.63, 3.8) is 0 Å². The van der Waals surface area contributed by atoms with Gasteiger partial charge in [-0.05, 0) is 17.3 Å². The molecule has 0 saturated heterocycles. The van der Waals surface area contributed by atoms with Crippen molar-refractivity contribution in [1.82, 2.24) is 5.32 Å². The fourth-order valence-corrected chi connectivity index (χ4v) is 4.91.